The number of anilines is 1. The first-order chi connectivity index (χ1) is 12.7. The highest BCUT2D eigenvalue weighted by atomic mass is 19.1. The van der Waals surface area contributed by atoms with Crippen molar-refractivity contribution in [3.63, 3.8) is 0 Å². The van der Waals surface area contributed by atoms with E-state index in [1.807, 2.05) is 6.07 Å². The Morgan fingerprint density at radius 1 is 1.15 bits per heavy atom. The van der Waals surface area contributed by atoms with Crippen molar-refractivity contribution in [2.24, 2.45) is 0 Å². The Labute approximate surface area is 150 Å². The molecule has 4 rings (SSSR count). The molecule has 2 aromatic heterocycles. The van der Waals surface area contributed by atoms with Gasteiger partial charge < -0.3 is 9.64 Å². The quantitative estimate of drug-likeness (QED) is 0.788. The van der Waals surface area contributed by atoms with Crippen LogP contribution in [-0.4, -0.2) is 52.1 Å². The van der Waals surface area contributed by atoms with Gasteiger partial charge in [0, 0.05) is 43.3 Å². The number of halogens is 2. The minimum absolute atomic E-state index is 0.0855. The van der Waals surface area contributed by atoms with Gasteiger partial charge in [0.1, 0.15) is 23.8 Å². The van der Waals surface area contributed by atoms with Gasteiger partial charge in [-0.2, -0.15) is 0 Å². The third kappa shape index (κ3) is 3.46. The molecule has 3 heterocycles. The van der Waals surface area contributed by atoms with Crippen molar-refractivity contribution in [2.45, 2.75) is 37.9 Å². The Morgan fingerprint density at radius 2 is 1.92 bits per heavy atom. The number of likely N-dealkylation sites (tertiary alicyclic amines) is 1. The lowest BCUT2D eigenvalue weighted by atomic mass is 10.2. The van der Waals surface area contributed by atoms with Crippen LogP contribution < -0.4 is 9.64 Å². The predicted molar refractivity (Wildman–Crippen MR) is 91.9 cm³/mol. The maximum Gasteiger partial charge on any atom is 0.218 e. The summed E-state index contributed by atoms with van der Waals surface area (Å²) < 4.78 is 33.0. The van der Waals surface area contributed by atoms with Crippen LogP contribution >= 0.6 is 0 Å². The van der Waals surface area contributed by atoms with E-state index in [1.165, 1.54) is 6.33 Å². The first kappa shape index (κ1) is 17.1. The normalized spacial score (nSPS) is 20.3. The molecule has 6 nitrogen and oxygen atoms in total. The molecule has 1 saturated heterocycles. The predicted octanol–water partition coefficient (Wildman–Crippen LogP) is 2.40. The van der Waals surface area contributed by atoms with Crippen LogP contribution in [0.15, 0.2) is 24.8 Å². The van der Waals surface area contributed by atoms with E-state index in [-0.39, 0.29) is 18.2 Å². The van der Waals surface area contributed by atoms with Gasteiger partial charge in [0.15, 0.2) is 0 Å². The zero-order valence-corrected chi connectivity index (χ0v) is 14.6. The number of hydrogen-bond acceptors (Lipinski definition) is 6. The summed E-state index contributed by atoms with van der Waals surface area (Å²) >= 11 is 0. The second kappa shape index (κ2) is 7.11. The third-order valence-corrected chi connectivity index (χ3v) is 5.02. The number of ether oxygens (including phenoxy) is 1. The molecule has 0 radical (unpaired) electrons. The maximum absolute atomic E-state index is 13.9. The Hall–Kier alpha value is -2.35. The summed E-state index contributed by atoms with van der Waals surface area (Å²) in [6.07, 6.45) is 6.84. The zero-order valence-electron chi connectivity index (χ0n) is 14.6. The van der Waals surface area contributed by atoms with E-state index in [4.69, 9.17) is 4.74 Å². The van der Waals surface area contributed by atoms with Gasteiger partial charge in [-0.15, -0.1) is 0 Å². The lowest BCUT2D eigenvalue weighted by Crippen LogP contribution is -2.40. The molecule has 1 saturated carbocycles. The fourth-order valence-electron chi connectivity index (χ4n) is 3.60. The molecule has 8 heteroatoms. The van der Waals surface area contributed by atoms with E-state index in [0.29, 0.717) is 11.9 Å². The molecule has 2 fully saturated rings. The SMILES string of the molecule is COc1cc(N(C2CC2)C2CCN(Cc3c(F)cncc3F)C2)ncn1. The van der Waals surface area contributed by atoms with Crippen molar-refractivity contribution in [3.05, 3.63) is 42.0 Å². The first-order valence-corrected chi connectivity index (χ1v) is 8.80. The third-order valence-electron chi connectivity index (χ3n) is 5.02. The highest BCUT2D eigenvalue weighted by molar-refractivity contribution is 5.45. The Bertz CT molecular complexity index is 766. The van der Waals surface area contributed by atoms with Crippen LogP contribution in [-0.2, 0) is 6.54 Å². The highest BCUT2D eigenvalue weighted by Crippen LogP contribution is 2.36. The van der Waals surface area contributed by atoms with Gasteiger partial charge in [-0.05, 0) is 19.3 Å². The van der Waals surface area contributed by atoms with Crippen molar-refractivity contribution in [3.8, 4) is 5.88 Å². The minimum Gasteiger partial charge on any atom is -0.481 e. The van der Waals surface area contributed by atoms with Crippen molar-refractivity contribution >= 4 is 5.82 Å². The number of hydrogen-bond donors (Lipinski definition) is 0. The molecule has 1 aliphatic heterocycles. The van der Waals surface area contributed by atoms with Crippen LogP contribution in [0.25, 0.3) is 0 Å². The molecule has 0 spiro atoms. The Morgan fingerprint density at radius 3 is 2.62 bits per heavy atom. The molecule has 2 aromatic rings. The average Bonchev–Trinajstić information content (AvgIpc) is 3.37. The van der Waals surface area contributed by atoms with Gasteiger partial charge in [0.2, 0.25) is 5.88 Å². The second-order valence-electron chi connectivity index (χ2n) is 6.82. The minimum atomic E-state index is -0.590. The van der Waals surface area contributed by atoms with Crippen molar-refractivity contribution in [2.75, 3.05) is 25.1 Å². The highest BCUT2D eigenvalue weighted by Gasteiger charge is 2.38. The van der Waals surface area contributed by atoms with Gasteiger partial charge in [0.05, 0.1) is 19.5 Å². The van der Waals surface area contributed by atoms with E-state index >= 15 is 0 Å². The van der Waals surface area contributed by atoms with Gasteiger partial charge in [-0.3, -0.25) is 9.88 Å². The lowest BCUT2D eigenvalue weighted by molar-refractivity contribution is 0.311. The fraction of sp³-hybridized carbons (Fsp3) is 0.500. The molecule has 0 aromatic carbocycles. The molecular formula is C18H21F2N5O. The van der Waals surface area contributed by atoms with Crippen molar-refractivity contribution in [1.82, 2.24) is 19.9 Å². The number of aromatic nitrogens is 3. The summed E-state index contributed by atoms with van der Waals surface area (Å²) in [6, 6.07) is 2.58. The summed E-state index contributed by atoms with van der Waals surface area (Å²) in [5.74, 6) is 0.213. The van der Waals surface area contributed by atoms with Gasteiger partial charge in [-0.25, -0.2) is 18.7 Å². The van der Waals surface area contributed by atoms with E-state index < -0.39 is 11.6 Å². The molecule has 0 bridgehead atoms. The van der Waals surface area contributed by atoms with Crippen LogP contribution in [0.3, 0.4) is 0 Å². The Kier molecular flexibility index (Phi) is 4.67. The standard InChI is InChI=1S/C18H21F2N5O/c1-26-18-6-17(22-11-23-18)25(12-2-3-12)13-4-5-24(9-13)10-14-15(19)7-21-8-16(14)20/h6-8,11-13H,2-5,9-10H2,1H3. The topological polar surface area (TPSA) is 54.4 Å². The summed E-state index contributed by atoms with van der Waals surface area (Å²) in [6.45, 7) is 1.78. The molecule has 1 aliphatic carbocycles. The van der Waals surface area contributed by atoms with Crippen molar-refractivity contribution < 1.29 is 13.5 Å². The maximum atomic E-state index is 13.9. The van der Waals surface area contributed by atoms with E-state index in [9.17, 15) is 8.78 Å². The monoisotopic (exact) mass is 361 g/mol. The van der Waals surface area contributed by atoms with Gasteiger partial charge in [-0.1, -0.05) is 0 Å². The summed E-state index contributed by atoms with van der Waals surface area (Å²) in [4.78, 5) is 16.4. The van der Waals surface area contributed by atoms with Crippen LogP contribution in [0.5, 0.6) is 5.88 Å². The van der Waals surface area contributed by atoms with Crippen LogP contribution in [0.2, 0.25) is 0 Å². The zero-order chi connectivity index (χ0) is 18.1. The second-order valence-corrected chi connectivity index (χ2v) is 6.82. The van der Waals surface area contributed by atoms with Crippen LogP contribution in [0, 0.1) is 11.6 Å². The van der Waals surface area contributed by atoms with E-state index in [0.717, 1.165) is 50.6 Å². The summed E-state index contributed by atoms with van der Waals surface area (Å²) in [5, 5.41) is 0. The fourth-order valence-corrected chi connectivity index (χ4v) is 3.60. The van der Waals surface area contributed by atoms with Gasteiger partial charge >= 0.3 is 0 Å². The molecule has 1 atom stereocenters. The number of rotatable bonds is 6. The van der Waals surface area contributed by atoms with E-state index in [2.05, 4.69) is 24.8 Å². The molecule has 0 amide bonds. The molecular weight excluding hydrogens is 340 g/mol. The van der Waals surface area contributed by atoms with Crippen LogP contribution in [0.1, 0.15) is 24.8 Å². The van der Waals surface area contributed by atoms with Crippen molar-refractivity contribution in [1.29, 1.82) is 0 Å². The van der Waals surface area contributed by atoms with E-state index in [1.54, 1.807) is 7.11 Å². The smallest absolute Gasteiger partial charge is 0.218 e. The van der Waals surface area contributed by atoms with Crippen LogP contribution in [0.4, 0.5) is 14.6 Å². The number of methoxy groups -OCH3 is 1. The molecule has 138 valence electrons. The average molecular weight is 361 g/mol. The summed E-state index contributed by atoms with van der Waals surface area (Å²) in [7, 11) is 1.59. The molecule has 2 aliphatic rings. The number of pyridine rings is 1. The largest absolute Gasteiger partial charge is 0.481 e. The molecule has 1 unspecified atom stereocenters. The summed E-state index contributed by atoms with van der Waals surface area (Å²) in [5.41, 5.74) is 0.0855. The Balaban J connectivity index is 1.49. The molecule has 0 N–H and O–H groups in total. The number of nitrogens with zero attached hydrogens (tertiary/aromatic N) is 5. The first-order valence-electron chi connectivity index (χ1n) is 8.80. The molecule has 26 heavy (non-hydrogen) atoms. The lowest BCUT2D eigenvalue weighted by Gasteiger charge is -2.30. The van der Waals surface area contributed by atoms with Gasteiger partial charge in [0.25, 0.3) is 0 Å².